The third kappa shape index (κ3) is 3.07. The first-order valence-electron chi connectivity index (χ1n) is 3.26. The van der Waals surface area contributed by atoms with Crippen LogP contribution in [0.2, 0.25) is 0 Å². The predicted molar refractivity (Wildman–Crippen MR) is 44.2 cm³/mol. The van der Waals surface area contributed by atoms with Gasteiger partial charge in [0.25, 0.3) is 0 Å². The number of carbonyl (C=O) groups is 1. The maximum absolute atomic E-state index is 10.6. The molecule has 0 aliphatic carbocycles. The molecule has 0 amide bonds. The smallest absolute Gasteiger partial charge is 0.744 e. The van der Waals surface area contributed by atoms with Crippen LogP contribution in [-0.4, -0.2) is 19.3 Å². The van der Waals surface area contributed by atoms with Crippen molar-refractivity contribution in [2.24, 2.45) is 0 Å². The summed E-state index contributed by atoms with van der Waals surface area (Å²) in [6, 6.07) is 3.50. The molecule has 0 aliphatic rings. The summed E-state index contributed by atoms with van der Waals surface area (Å²) < 4.78 is 31.8. The van der Waals surface area contributed by atoms with Gasteiger partial charge in [-0.05, 0) is 18.2 Å². The predicted octanol–water partition coefficient (Wildman–Crippen LogP) is -3.01. The van der Waals surface area contributed by atoms with E-state index in [1.54, 1.807) is 0 Å². The number of rotatable bonds is 2. The minimum absolute atomic E-state index is 0. The average molecular weight is 223 g/mol. The first-order valence-corrected chi connectivity index (χ1v) is 4.66. The Labute approximate surface area is 103 Å². The number of benzene rings is 1. The number of nitrogen functional groups attached to an aromatic ring is 1. The summed E-state index contributed by atoms with van der Waals surface area (Å²) in [4.78, 5) is 9.76. The Kier molecular flexibility index (Phi) is 4.76. The van der Waals surface area contributed by atoms with Crippen LogP contribution in [0.15, 0.2) is 23.1 Å². The number of aldehydes is 1. The molecule has 1 rings (SSSR count). The van der Waals surface area contributed by atoms with Crippen molar-refractivity contribution in [2.45, 2.75) is 4.90 Å². The minimum atomic E-state index is -4.63. The van der Waals surface area contributed by atoms with Gasteiger partial charge in [0, 0.05) is 11.3 Å². The minimum Gasteiger partial charge on any atom is -0.744 e. The van der Waals surface area contributed by atoms with Gasteiger partial charge in [-0.2, -0.15) is 0 Å². The van der Waals surface area contributed by atoms with Gasteiger partial charge >= 0.3 is 29.6 Å². The Morgan fingerprint density at radius 3 is 2.36 bits per heavy atom. The van der Waals surface area contributed by atoms with Gasteiger partial charge in [-0.25, -0.2) is 8.42 Å². The summed E-state index contributed by atoms with van der Waals surface area (Å²) in [6.07, 6.45) is 0.296. The van der Waals surface area contributed by atoms with Crippen LogP contribution in [0.1, 0.15) is 10.4 Å². The van der Waals surface area contributed by atoms with Gasteiger partial charge in [-0.1, -0.05) is 0 Å². The van der Waals surface area contributed by atoms with Crippen molar-refractivity contribution in [3.63, 3.8) is 0 Å². The molecule has 0 saturated heterocycles. The molecule has 70 valence electrons. The second-order valence-electron chi connectivity index (χ2n) is 2.37. The van der Waals surface area contributed by atoms with E-state index in [0.717, 1.165) is 6.07 Å². The summed E-state index contributed by atoms with van der Waals surface area (Å²) >= 11 is 0. The largest absolute Gasteiger partial charge is 1.00 e. The number of hydrogen-bond donors (Lipinski definition) is 1. The van der Waals surface area contributed by atoms with E-state index < -0.39 is 15.0 Å². The third-order valence-corrected chi connectivity index (χ3v) is 2.33. The fourth-order valence-corrected chi connectivity index (χ4v) is 1.55. The maximum atomic E-state index is 10.6. The molecule has 5 nitrogen and oxygen atoms in total. The zero-order valence-corrected chi connectivity index (χ0v) is 10.2. The molecule has 0 fully saturated rings. The number of hydrogen-bond acceptors (Lipinski definition) is 5. The van der Waals surface area contributed by atoms with Gasteiger partial charge < -0.3 is 10.3 Å². The van der Waals surface area contributed by atoms with Gasteiger partial charge in [0.2, 0.25) is 0 Å². The average Bonchev–Trinajstić information content (AvgIpc) is 2.03. The van der Waals surface area contributed by atoms with Gasteiger partial charge in [0.1, 0.15) is 10.1 Å². The quantitative estimate of drug-likeness (QED) is 0.249. The van der Waals surface area contributed by atoms with Crippen molar-refractivity contribution in [1.29, 1.82) is 0 Å². The zero-order chi connectivity index (χ0) is 10.1. The van der Waals surface area contributed by atoms with E-state index >= 15 is 0 Å². The van der Waals surface area contributed by atoms with Gasteiger partial charge in [0.05, 0.1) is 4.90 Å². The molecular formula is C7H6NNaO4S. The summed E-state index contributed by atoms with van der Waals surface area (Å²) in [7, 11) is -4.63. The molecule has 14 heavy (non-hydrogen) atoms. The third-order valence-electron chi connectivity index (χ3n) is 1.43. The summed E-state index contributed by atoms with van der Waals surface area (Å²) in [5.74, 6) is 0. The molecule has 0 bridgehead atoms. The SMILES string of the molecule is Nc1ccc(C=O)c(S(=O)(=O)[O-])c1.[Na+]. The molecule has 0 aromatic heterocycles. The van der Waals surface area contributed by atoms with Crippen LogP contribution >= 0.6 is 0 Å². The molecule has 0 atom stereocenters. The standard InChI is InChI=1S/C7H7NO4S.Na/c8-6-2-1-5(4-9)7(3-6)13(10,11)12;/h1-4H,8H2,(H,10,11,12);/q;+1/p-1. The van der Waals surface area contributed by atoms with Crippen LogP contribution in [-0.2, 0) is 10.1 Å². The molecule has 7 heteroatoms. The van der Waals surface area contributed by atoms with E-state index in [1.165, 1.54) is 12.1 Å². The maximum Gasteiger partial charge on any atom is 1.00 e. The molecular weight excluding hydrogens is 217 g/mol. The van der Waals surface area contributed by atoms with Gasteiger partial charge in [-0.3, -0.25) is 4.79 Å². The molecule has 2 N–H and O–H groups in total. The van der Waals surface area contributed by atoms with E-state index in [1.807, 2.05) is 0 Å². The molecule has 0 aliphatic heterocycles. The second-order valence-corrected chi connectivity index (χ2v) is 3.72. The first-order chi connectivity index (χ1) is 5.95. The second kappa shape index (κ2) is 4.90. The Morgan fingerprint density at radius 1 is 1.36 bits per heavy atom. The van der Waals surface area contributed by atoms with Gasteiger partial charge in [0.15, 0.2) is 6.29 Å². The van der Waals surface area contributed by atoms with Crippen molar-refractivity contribution in [1.82, 2.24) is 0 Å². The van der Waals surface area contributed by atoms with Crippen molar-refractivity contribution in [2.75, 3.05) is 5.73 Å². The monoisotopic (exact) mass is 223 g/mol. The first kappa shape index (κ1) is 13.6. The Morgan fingerprint density at radius 2 is 1.93 bits per heavy atom. The Bertz CT molecular complexity index is 443. The number of anilines is 1. The zero-order valence-electron chi connectivity index (χ0n) is 7.43. The van der Waals surface area contributed by atoms with Crippen LogP contribution in [0, 0.1) is 0 Å². The van der Waals surface area contributed by atoms with Crippen LogP contribution < -0.4 is 35.3 Å². The molecule has 1 aromatic rings. The fourth-order valence-electron chi connectivity index (χ4n) is 0.865. The molecule has 0 unspecified atom stereocenters. The molecule has 0 heterocycles. The summed E-state index contributed by atoms with van der Waals surface area (Å²) in [5.41, 5.74) is 5.21. The van der Waals surface area contributed by atoms with E-state index in [4.69, 9.17) is 5.73 Å². The van der Waals surface area contributed by atoms with E-state index in [2.05, 4.69) is 0 Å². The molecule has 0 radical (unpaired) electrons. The molecule has 0 spiro atoms. The van der Waals surface area contributed by atoms with E-state index in [0.29, 0.717) is 6.29 Å². The van der Waals surface area contributed by atoms with E-state index in [9.17, 15) is 17.8 Å². The molecule has 0 saturated carbocycles. The number of carbonyl (C=O) groups excluding carboxylic acids is 1. The summed E-state index contributed by atoms with van der Waals surface area (Å²) in [6.45, 7) is 0. The van der Waals surface area contributed by atoms with Crippen molar-refractivity contribution in [3.05, 3.63) is 23.8 Å². The van der Waals surface area contributed by atoms with Crippen LogP contribution in [0.4, 0.5) is 5.69 Å². The fraction of sp³-hybridized carbons (Fsp3) is 0. The van der Waals surface area contributed by atoms with Crippen LogP contribution in [0.25, 0.3) is 0 Å². The Balaban J connectivity index is 0.00000169. The van der Waals surface area contributed by atoms with Gasteiger partial charge in [-0.15, -0.1) is 0 Å². The Hall–Kier alpha value is -0.400. The summed E-state index contributed by atoms with van der Waals surface area (Å²) in [5, 5.41) is 0. The van der Waals surface area contributed by atoms with Crippen molar-refractivity contribution < 1.29 is 47.3 Å². The topological polar surface area (TPSA) is 100 Å². The van der Waals surface area contributed by atoms with Crippen molar-refractivity contribution >= 4 is 22.1 Å². The normalized spacial score (nSPS) is 10.4. The van der Waals surface area contributed by atoms with E-state index in [-0.39, 0.29) is 40.8 Å². The van der Waals surface area contributed by atoms with Crippen LogP contribution in [0.3, 0.4) is 0 Å². The number of nitrogens with two attached hydrogens (primary N) is 1. The molecule has 1 aromatic carbocycles. The van der Waals surface area contributed by atoms with Crippen LogP contribution in [0.5, 0.6) is 0 Å². The van der Waals surface area contributed by atoms with Crippen molar-refractivity contribution in [3.8, 4) is 0 Å².